The number of carboxylic acid groups (broad SMARTS) is 1. The smallest absolute Gasteiger partial charge is 0.306 e. The fraction of sp³-hybridized carbons (Fsp3) is 0.875. The fourth-order valence-corrected chi connectivity index (χ4v) is 3.41. The van der Waals surface area contributed by atoms with Crippen molar-refractivity contribution in [1.29, 1.82) is 0 Å². The average molecular weight is 296 g/mol. The average Bonchev–Trinajstić information content (AvgIpc) is 2.42. The summed E-state index contributed by atoms with van der Waals surface area (Å²) in [5, 5.41) is 12.1. The van der Waals surface area contributed by atoms with Crippen LogP contribution in [0.4, 0.5) is 0 Å². The van der Waals surface area contributed by atoms with E-state index in [1.165, 1.54) is 32.1 Å². The first-order chi connectivity index (χ1) is 10.1. The van der Waals surface area contributed by atoms with E-state index in [0.717, 1.165) is 25.9 Å². The predicted molar refractivity (Wildman–Crippen MR) is 81.0 cm³/mol. The molecule has 21 heavy (non-hydrogen) atoms. The van der Waals surface area contributed by atoms with Gasteiger partial charge in [-0.25, -0.2) is 0 Å². The number of carboxylic acids is 1. The zero-order valence-corrected chi connectivity index (χ0v) is 12.9. The standard InChI is InChI=1S/C16H28N2O3/c19-15(17-14-6-4-2-1-3-5-7-14)12-18-10-8-13(9-11-18)16(20)21/h13-14H,1-12H2,(H,17,19)(H,20,21). The molecular weight excluding hydrogens is 268 g/mol. The lowest BCUT2D eigenvalue weighted by atomic mass is 9.96. The first kappa shape index (κ1) is 16.3. The summed E-state index contributed by atoms with van der Waals surface area (Å²) in [6.45, 7) is 1.85. The molecule has 1 saturated heterocycles. The summed E-state index contributed by atoms with van der Waals surface area (Å²) in [7, 11) is 0. The lowest BCUT2D eigenvalue weighted by molar-refractivity contribution is -0.143. The van der Waals surface area contributed by atoms with Crippen molar-refractivity contribution in [2.24, 2.45) is 5.92 Å². The number of nitrogens with one attached hydrogen (secondary N) is 1. The molecule has 1 saturated carbocycles. The Morgan fingerprint density at radius 3 is 2.10 bits per heavy atom. The van der Waals surface area contributed by atoms with E-state index < -0.39 is 5.97 Å². The van der Waals surface area contributed by atoms with Gasteiger partial charge in [0.05, 0.1) is 12.5 Å². The number of likely N-dealkylation sites (tertiary alicyclic amines) is 1. The molecule has 0 aromatic rings. The number of hydrogen-bond acceptors (Lipinski definition) is 3. The molecule has 0 spiro atoms. The second kappa shape index (κ2) is 8.37. The number of rotatable bonds is 4. The third kappa shape index (κ3) is 5.65. The van der Waals surface area contributed by atoms with Gasteiger partial charge in [0.25, 0.3) is 0 Å². The van der Waals surface area contributed by atoms with Gasteiger partial charge in [-0.2, -0.15) is 0 Å². The number of piperidine rings is 1. The molecule has 0 aromatic carbocycles. The Bertz CT molecular complexity index is 343. The van der Waals surface area contributed by atoms with Gasteiger partial charge in [0.15, 0.2) is 0 Å². The van der Waals surface area contributed by atoms with Gasteiger partial charge >= 0.3 is 5.97 Å². The van der Waals surface area contributed by atoms with Crippen LogP contribution in [-0.2, 0) is 9.59 Å². The zero-order valence-electron chi connectivity index (χ0n) is 12.9. The highest BCUT2D eigenvalue weighted by Crippen LogP contribution is 2.18. The van der Waals surface area contributed by atoms with Crippen LogP contribution < -0.4 is 5.32 Å². The highest BCUT2D eigenvalue weighted by atomic mass is 16.4. The van der Waals surface area contributed by atoms with Crippen molar-refractivity contribution < 1.29 is 14.7 Å². The summed E-state index contributed by atoms with van der Waals surface area (Å²) in [5.41, 5.74) is 0. The number of carbonyl (C=O) groups is 2. The van der Waals surface area contributed by atoms with Gasteiger partial charge in [0, 0.05) is 6.04 Å². The van der Waals surface area contributed by atoms with Gasteiger partial charge in [-0.15, -0.1) is 0 Å². The van der Waals surface area contributed by atoms with Gasteiger partial charge in [-0.3, -0.25) is 14.5 Å². The van der Waals surface area contributed by atoms with Gasteiger partial charge in [-0.05, 0) is 38.8 Å². The van der Waals surface area contributed by atoms with Crippen molar-refractivity contribution in [3.05, 3.63) is 0 Å². The second-order valence-electron chi connectivity index (χ2n) is 6.50. The van der Waals surface area contributed by atoms with Crippen molar-refractivity contribution in [3.8, 4) is 0 Å². The van der Waals surface area contributed by atoms with E-state index in [9.17, 15) is 9.59 Å². The highest BCUT2D eigenvalue weighted by molar-refractivity contribution is 5.78. The van der Waals surface area contributed by atoms with Crippen LogP contribution in [-0.4, -0.2) is 47.6 Å². The minimum absolute atomic E-state index is 0.106. The Labute approximate surface area is 127 Å². The maximum absolute atomic E-state index is 12.1. The lowest BCUT2D eigenvalue weighted by Gasteiger charge is -2.30. The molecule has 2 rings (SSSR count). The van der Waals surface area contributed by atoms with Crippen LogP contribution in [0, 0.1) is 5.92 Å². The first-order valence-corrected chi connectivity index (χ1v) is 8.39. The fourth-order valence-electron chi connectivity index (χ4n) is 3.41. The molecule has 2 aliphatic rings. The van der Waals surface area contributed by atoms with Crippen LogP contribution in [0.15, 0.2) is 0 Å². The minimum Gasteiger partial charge on any atom is -0.481 e. The topological polar surface area (TPSA) is 69.6 Å². The largest absolute Gasteiger partial charge is 0.481 e. The Kier molecular flexibility index (Phi) is 6.49. The monoisotopic (exact) mass is 296 g/mol. The van der Waals surface area contributed by atoms with Crippen LogP contribution >= 0.6 is 0 Å². The molecule has 0 unspecified atom stereocenters. The predicted octanol–water partition coefficient (Wildman–Crippen LogP) is 2.01. The van der Waals surface area contributed by atoms with Crippen molar-refractivity contribution >= 4 is 11.9 Å². The van der Waals surface area contributed by atoms with Gasteiger partial charge in [0.2, 0.25) is 5.91 Å². The molecule has 0 atom stereocenters. The normalized spacial score (nSPS) is 23.2. The molecule has 1 aliphatic heterocycles. The summed E-state index contributed by atoms with van der Waals surface area (Å²) >= 11 is 0. The molecule has 5 nitrogen and oxygen atoms in total. The number of carbonyl (C=O) groups excluding carboxylic acids is 1. The Balaban J connectivity index is 1.68. The van der Waals surface area contributed by atoms with Crippen LogP contribution in [0.5, 0.6) is 0 Å². The summed E-state index contributed by atoms with van der Waals surface area (Å²) < 4.78 is 0. The van der Waals surface area contributed by atoms with E-state index in [4.69, 9.17) is 5.11 Å². The Morgan fingerprint density at radius 2 is 1.52 bits per heavy atom. The Morgan fingerprint density at radius 1 is 0.952 bits per heavy atom. The lowest BCUT2D eigenvalue weighted by Crippen LogP contribution is -2.45. The molecule has 1 heterocycles. The molecule has 0 radical (unpaired) electrons. The third-order valence-corrected chi connectivity index (χ3v) is 4.77. The molecule has 2 N–H and O–H groups in total. The summed E-state index contributed by atoms with van der Waals surface area (Å²) in [6, 6.07) is 0.342. The van der Waals surface area contributed by atoms with Crippen molar-refractivity contribution in [1.82, 2.24) is 10.2 Å². The number of amides is 1. The second-order valence-corrected chi connectivity index (χ2v) is 6.50. The number of nitrogens with zero attached hydrogens (tertiary/aromatic N) is 1. The molecule has 1 aliphatic carbocycles. The van der Waals surface area contributed by atoms with Crippen LogP contribution in [0.3, 0.4) is 0 Å². The highest BCUT2D eigenvalue weighted by Gasteiger charge is 2.25. The molecule has 2 fully saturated rings. The minimum atomic E-state index is -0.700. The molecule has 120 valence electrons. The van der Waals surface area contributed by atoms with E-state index in [0.29, 0.717) is 25.4 Å². The van der Waals surface area contributed by atoms with Crippen LogP contribution in [0.2, 0.25) is 0 Å². The molecule has 0 bridgehead atoms. The summed E-state index contributed by atoms with van der Waals surface area (Å²) in [6.07, 6.45) is 9.87. The van der Waals surface area contributed by atoms with Crippen molar-refractivity contribution in [2.75, 3.05) is 19.6 Å². The molecule has 5 heteroatoms. The molecular formula is C16H28N2O3. The van der Waals surface area contributed by atoms with E-state index in [2.05, 4.69) is 10.2 Å². The summed E-state index contributed by atoms with van der Waals surface area (Å²) in [5.74, 6) is -0.821. The van der Waals surface area contributed by atoms with Crippen molar-refractivity contribution in [3.63, 3.8) is 0 Å². The Hall–Kier alpha value is -1.10. The van der Waals surface area contributed by atoms with Gasteiger partial charge < -0.3 is 10.4 Å². The first-order valence-electron chi connectivity index (χ1n) is 8.39. The summed E-state index contributed by atoms with van der Waals surface area (Å²) in [4.78, 5) is 25.1. The van der Waals surface area contributed by atoms with Gasteiger partial charge in [0.1, 0.15) is 0 Å². The third-order valence-electron chi connectivity index (χ3n) is 4.77. The maximum Gasteiger partial charge on any atom is 0.306 e. The van der Waals surface area contributed by atoms with E-state index in [1.807, 2.05) is 0 Å². The van der Waals surface area contributed by atoms with E-state index >= 15 is 0 Å². The number of hydrogen-bond donors (Lipinski definition) is 2. The van der Waals surface area contributed by atoms with Crippen LogP contribution in [0.1, 0.15) is 57.8 Å². The van der Waals surface area contributed by atoms with E-state index in [1.54, 1.807) is 0 Å². The van der Waals surface area contributed by atoms with Crippen molar-refractivity contribution in [2.45, 2.75) is 63.8 Å². The van der Waals surface area contributed by atoms with Crippen LogP contribution in [0.25, 0.3) is 0 Å². The zero-order chi connectivity index (χ0) is 15.1. The van der Waals surface area contributed by atoms with E-state index in [-0.39, 0.29) is 11.8 Å². The quantitative estimate of drug-likeness (QED) is 0.832. The maximum atomic E-state index is 12.1. The SMILES string of the molecule is O=C(CN1CCC(C(=O)O)CC1)NC1CCCCCCC1. The molecule has 1 amide bonds. The van der Waals surface area contributed by atoms with Gasteiger partial charge in [-0.1, -0.05) is 32.1 Å². The molecule has 0 aromatic heterocycles. The number of aliphatic carboxylic acids is 1.